The van der Waals surface area contributed by atoms with E-state index in [1.165, 1.54) is 11.8 Å². The molecule has 1 aromatic heterocycles. The van der Waals surface area contributed by atoms with Crippen LogP contribution in [-0.2, 0) is 5.75 Å². The summed E-state index contributed by atoms with van der Waals surface area (Å²) in [7, 11) is 0. The fraction of sp³-hybridized carbons (Fsp3) is 0.545. The van der Waals surface area contributed by atoms with Gasteiger partial charge in [0.1, 0.15) is 6.54 Å². The number of alkyl halides is 5. The maximum absolute atomic E-state index is 12.8. The summed E-state index contributed by atoms with van der Waals surface area (Å²) in [5, 5.41) is 13.4. The highest BCUT2D eigenvalue weighted by atomic mass is 32.2. The molecule has 0 saturated carbocycles. The first kappa shape index (κ1) is 23.6. The number of aromatic nitrogens is 1. The number of guanidine groups is 2. The van der Waals surface area contributed by atoms with E-state index in [1.807, 2.05) is 0 Å². The van der Waals surface area contributed by atoms with Crippen molar-refractivity contribution in [3.8, 4) is 0 Å². The number of rotatable bonds is 9. The van der Waals surface area contributed by atoms with Gasteiger partial charge in [0.15, 0.2) is 16.1 Å². The van der Waals surface area contributed by atoms with E-state index in [0.717, 1.165) is 11.3 Å². The van der Waals surface area contributed by atoms with Crippen molar-refractivity contribution in [2.24, 2.45) is 21.5 Å². The van der Waals surface area contributed by atoms with E-state index in [0.29, 0.717) is 17.2 Å². The molecule has 1 heterocycles. The molecule has 0 bridgehead atoms. The third-order valence-corrected chi connectivity index (χ3v) is 4.40. The zero-order valence-corrected chi connectivity index (χ0v) is 15.5. The topological polar surface area (TPSA) is 157 Å². The average Bonchev–Trinajstić information content (AvgIpc) is 2.98. The zero-order chi connectivity index (χ0) is 21.4. The molecule has 0 fully saturated rings. The number of hydrazine groups is 1. The molecule has 0 radical (unpaired) electrons. The second-order valence-corrected chi connectivity index (χ2v) is 6.82. The molecule has 1 aromatic rings. The first-order valence-corrected chi connectivity index (χ1v) is 9.19. The Balaban J connectivity index is 2.42. The van der Waals surface area contributed by atoms with Crippen LogP contribution in [0.4, 0.5) is 27.1 Å². The van der Waals surface area contributed by atoms with Gasteiger partial charge in [-0.1, -0.05) is 5.43 Å². The molecule has 6 N–H and O–H groups in total. The highest BCUT2D eigenvalue weighted by molar-refractivity contribution is 7.98. The molecule has 0 atom stereocenters. The third-order valence-electron chi connectivity index (χ3n) is 2.62. The molecule has 158 valence electrons. The minimum atomic E-state index is -5.71. The standard InChI is InChI=1S/C11H15F5N8O2S2/c12-10(13,11(14,15)16)5-20-7(17)22-9-21-6(4-28-9)3-27-2-1-19-8(18)23-24(25)26/h4H,1-3,5H2,(H3,18,19,23)(H3,17,20,21,22). The summed E-state index contributed by atoms with van der Waals surface area (Å²) < 4.78 is 61.7. The summed E-state index contributed by atoms with van der Waals surface area (Å²) >= 11 is 2.44. The van der Waals surface area contributed by atoms with Gasteiger partial charge in [-0.05, 0) is 0 Å². The number of anilines is 1. The molecule has 0 saturated heterocycles. The lowest BCUT2D eigenvalue weighted by Gasteiger charge is -2.17. The Morgan fingerprint density at radius 1 is 1.29 bits per heavy atom. The molecule has 28 heavy (non-hydrogen) atoms. The van der Waals surface area contributed by atoms with Crippen molar-refractivity contribution < 1.29 is 27.0 Å². The van der Waals surface area contributed by atoms with Crippen molar-refractivity contribution in [1.29, 1.82) is 0 Å². The summed E-state index contributed by atoms with van der Waals surface area (Å²) in [6.45, 7) is -1.61. The highest BCUT2D eigenvalue weighted by Gasteiger charge is 2.57. The number of thioether (sulfide) groups is 1. The van der Waals surface area contributed by atoms with Crippen molar-refractivity contribution in [3.63, 3.8) is 0 Å². The number of aliphatic imine (C=N–C) groups is 2. The Morgan fingerprint density at radius 3 is 2.57 bits per heavy atom. The monoisotopic (exact) mass is 450 g/mol. The molecule has 17 heteroatoms. The normalized spacial score (nSPS) is 13.5. The molecule has 0 amide bonds. The van der Waals surface area contributed by atoms with Crippen LogP contribution in [0.2, 0.25) is 0 Å². The van der Waals surface area contributed by atoms with Crippen LogP contribution in [0.1, 0.15) is 5.69 Å². The number of nitrogens with zero attached hydrogens (tertiary/aromatic N) is 4. The van der Waals surface area contributed by atoms with Crippen molar-refractivity contribution in [2.45, 2.75) is 17.9 Å². The number of nitrogens with one attached hydrogen (secondary N) is 2. The molecule has 0 aliphatic carbocycles. The average molecular weight is 450 g/mol. The maximum Gasteiger partial charge on any atom is 0.455 e. The number of thiazole rings is 1. The lowest BCUT2D eigenvalue weighted by molar-refractivity contribution is -0.525. The predicted octanol–water partition coefficient (Wildman–Crippen LogP) is 1.40. The van der Waals surface area contributed by atoms with Crippen LogP contribution in [-0.4, -0.2) is 52.9 Å². The second kappa shape index (κ2) is 10.2. The summed E-state index contributed by atoms with van der Waals surface area (Å²) in [5.74, 6) is -5.02. The number of nitro groups is 1. The Morgan fingerprint density at radius 2 is 1.96 bits per heavy atom. The zero-order valence-electron chi connectivity index (χ0n) is 13.9. The van der Waals surface area contributed by atoms with Gasteiger partial charge < -0.3 is 16.8 Å². The fourth-order valence-corrected chi connectivity index (χ4v) is 2.93. The molecule has 0 unspecified atom stereocenters. The summed E-state index contributed by atoms with van der Waals surface area (Å²) in [6, 6.07) is 0. The number of halogens is 5. The van der Waals surface area contributed by atoms with Gasteiger partial charge in [0.25, 0.3) is 5.96 Å². The van der Waals surface area contributed by atoms with Gasteiger partial charge in [0, 0.05) is 16.9 Å². The van der Waals surface area contributed by atoms with Crippen LogP contribution in [0.3, 0.4) is 0 Å². The number of hydrogen-bond donors (Lipinski definition) is 4. The molecule has 1 rings (SSSR count). The SMILES string of the molecule is NC(=NCC(F)(F)C(F)(F)F)Nc1nc(CSCCN=C(N)N[N+](=O)[O-])cs1. The van der Waals surface area contributed by atoms with Crippen LogP contribution < -0.4 is 22.2 Å². The molecular formula is C11H15F5N8O2S2. The minimum Gasteiger partial charge on any atom is -0.370 e. The summed E-state index contributed by atoms with van der Waals surface area (Å²) in [6.07, 6.45) is -5.71. The molecule has 0 aromatic carbocycles. The second-order valence-electron chi connectivity index (χ2n) is 4.86. The summed E-state index contributed by atoms with van der Waals surface area (Å²) in [4.78, 5) is 20.9. The van der Waals surface area contributed by atoms with Crippen molar-refractivity contribution >= 4 is 40.1 Å². The van der Waals surface area contributed by atoms with E-state index in [4.69, 9.17) is 11.5 Å². The highest BCUT2D eigenvalue weighted by Crippen LogP contribution is 2.35. The maximum atomic E-state index is 12.8. The van der Waals surface area contributed by atoms with Gasteiger partial charge in [-0.25, -0.2) is 25.1 Å². The van der Waals surface area contributed by atoms with Crippen LogP contribution in [0.15, 0.2) is 15.4 Å². The van der Waals surface area contributed by atoms with Gasteiger partial charge in [-0.2, -0.15) is 33.7 Å². The van der Waals surface area contributed by atoms with E-state index in [1.54, 1.807) is 10.8 Å². The van der Waals surface area contributed by atoms with Gasteiger partial charge in [-0.15, -0.1) is 11.3 Å². The Kier molecular flexibility index (Phi) is 8.61. The fourth-order valence-electron chi connectivity index (χ4n) is 1.39. The van der Waals surface area contributed by atoms with Crippen molar-refractivity contribution in [3.05, 3.63) is 21.2 Å². The predicted molar refractivity (Wildman–Crippen MR) is 96.0 cm³/mol. The molecule has 0 aliphatic heterocycles. The molecular weight excluding hydrogens is 435 g/mol. The quantitative estimate of drug-likeness (QED) is 0.110. The van der Waals surface area contributed by atoms with Crippen LogP contribution in [0.5, 0.6) is 0 Å². The molecule has 10 nitrogen and oxygen atoms in total. The van der Waals surface area contributed by atoms with E-state index in [9.17, 15) is 32.1 Å². The van der Waals surface area contributed by atoms with E-state index in [-0.39, 0.29) is 17.6 Å². The van der Waals surface area contributed by atoms with Crippen molar-refractivity contribution in [1.82, 2.24) is 10.4 Å². The Hall–Kier alpha value is -2.43. The number of nitrogens with two attached hydrogens (primary N) is 2. The van der Waals surface area contributed by atoms with Gasteiger partial charge in [-0.3, -0.25) is 0 Å². The van der Waals surface area contributed by atoms with E-state index >= 15 is 0 Å². The first-order valence-electron chi connectivity index (χ1n) is 7.15. The van der Waals surface area contributed by atoms with Gasteiger partial charge in [0.2, 0.25) is 0 Å². The third kappa shape index (κ3) is 8.51. The Labute approximate surface area is 162 Å². The molecule has 0 spiro atoms. The lowest BCUT2D eigenvalue weighted by Crippen LogP contribution is -2.40. The minimum absolute atomic E-state index is 0.171. The van der Waals surface area contributed by atoms with Crippen molar-refractivity contribution in [2.75, 3.05) is 24.2 Å². The van der Waals surface area contributed by atoms with Crippen LogP contribution in [0.25, 0.3) is 0 Å². The van der Waals surface area contributed by atoms with Crippen LogP contribution in [0, 0.1) is 10.1 Å². The van der Waals surface area contributed by atoms with Crippen LogP contribution >= 0.6 is 23.1 Å². The first-order chi connectivity index (χ1) is 12.9. The van der Waals surface area contributed by atoms with E-state index in [2.05, 4.69) is 20.3 Å². The number of hydrogen-bond acceptors (Lipinski definition) is 7. The van der Waals surface area contributed by atoms with Gasteiger partial charge >= 0.3 is 12.1 Å². The van der Waals surface area contributed by atoms with Gasteiger partial charge in [0.05, 0.1) is 12.2 Å². The lowest BCUT2D eigenvalue weighted by atomic mass is 10.3. The van der Waals surface area contributed by atoms with E-state index < -0.39 is 29.6 Å². The smallest absolute Gasteiger partial charge is 0.370 e. The summed E-state index contributed by atoms with van der Waals surface area (Å²) in [5.41, 5.74) is 12.8. The largest absolute Gasteiger partial charge is 0.455 e. The Bertz CT molecular complexity index is 724. The molecule has 0 aliphatic rings.